The Hall–Kier alpha value is -2.89. The van der Waals surface area contributed by atoms with Crippen LogP contribution in [0.4, 0.5) is 15.3 Å². The summed E-state index contributed by atoms with van der Waals surface area (Å²) in [5.74, 6) is 0. The molecule has 2 aromatic rings. The predicted molar refractivity (Wildman–Crippen MR) is 179 cm³/mol. The zero-order chi connectivity index (χ0) is 32.3. The number of hydrogen-bond acceptors (Lipinski definition) is 7. The molecule has 0 spiro atoms. The van der Waals surface area contributed by atoms with Gasteiger partial charge in [-0.1, -0.05) is 41.4 Å². The van der Waals surface area contributed by atoms with E-state index in [0.29, 0.717) is 47.6 Å². The van der Waals surface area contributed by atoms with E-state index in [0.717, 1.165) is 76.1 Å². The van der Waals surface area contributed by atoms with Gasteiger partial charge in [0.2, 0.25) is 0 Å². The lowest BCUT2D eigenvalue weighted by molar-refractivity contribution is -0.130. The number of likely N-dealkylation sites (tertiary alicyclic amines) is 2. The summed E-state index contributed by atoms with van der Waals surface area (Å²) in [5.41, 5.74) is 1.70. The van der Waals surface area contributed by atoms with Crippen LogP contribution < -0.4 is 5.32 Å². The largest absolute Gasteiger partial charge is 0.444 e. The Balaban J connectivity index is 1.24. The molecule has 4 aliphatic heterocycles. The van der Waals surface area contributed by atoms with E-state index < -0.39 is 11.8 Å². The maximum Gasteiger partial charge on any atom is 0.411 e. The van der Waals surface area contributed by atoms with Gasteiger partial charge in [0.25, 0.3) is 0 Å². The normalized spacial score (nSPS) is 25.5. The van der Waals surface area contributed by atoms with E-state index in [2.05, 4.69) is 27.1 Å². The first kappa shape index (κ1) is 33.0. The van der Waals surface area contributed by atoms with Crippen LogP contribution in [-0.2, 0) is 22.6 Å². The highest BCUT2D eigenvalue weighted by Gasteiger charge is 2.52. The Kier molecular flexibility index (Phi) is 10.4. The van der Waals surface area contributed by atoms with Crippen molar-refractivity contribution < 1.29 is 19.1 Å². The molecule has 0 aliphatic carbocycles. The summed E-state index contributed by atoms with van der Waals surface area (Å²) in [6, 6.07) is 13.2. The molecule has 46 heavy (non-hydrogen) atoms. The van der Waals surface area contributed by atoms with Crippen molar-refractivity contribution >= 4 is 47.3 Å². The van der Waals surface area contributed by atoms with E-state index in [-0.39, 0.29) is 25.1 Å². The number of nitrogens with zero attached hydrogens (tertiary/aromatic N) is 5. The highest BCUT2D eigenvalue weighted by atomic mass is 35.5. The number of ether oxygens (including phenoxy) is 1. The predicted octanol–water partition coefficient (Wildman–Crippen LogP) is 5.18. The number of anilines is 1. The number of rotatable bonds is 7. The second-order valence-electron chi connectivity index (χ2n) is 13.1. The fourth-order valence-corrected chi connectivity index (χ4v) is 8.45. The number of urea groups is 1. The molecule has 0 bridgehead atoms. The third-order valence-corrected chi connectivity index (χ3v) is 10.8. The fourth-order valence-electron chi connectivity index (χ4n) is 7.88. The van der Waals surface area contributed by atoms with Crippen LogP contribution in [0.2, 0.25) is 10.0 Å². The minimum Gasteiger partial charge on any atom is -0.444 e. The van der Waals surface area contributed by atoms with Crippen molar-refractivity contribution in [3.05, 3.63) is 63.6 Å². The summed E-state index contributed by atoms with van der Waals surface area (Å²) in [6.07, 6.45) is 4.64. The standard InChI is InChI=1S/C34H44Cl2N6O4/c1-38-11-7-29(8-12-38)39-15-17-40(18-16-39)34(10-19-43)23-30(41-13-6-26-4-2-3-5-31(26)37-32(41)44)9-14-42(34)33(45)46-24-25-20-27(35)22-28(36)21-25/h2-5,19-22,29-30H,6-18,23-24H2,1H3,(H,37,44)/t30-,34+/m1/s1. The number of aldehydes is 1. The number of amides is 3. The van der Waals surface area contributed by atoms with E-state index in [4.69, 9.17) is 27.9 Å². The van der Waals surface area contributed by atoms with Gasteiger partial charge >= 0.3 is 12.1 Å². The molecule has 1 N–H and O–H groups in total. The van der Waals surface area contributed by atoms with E-state index in [1.165, 1.54) is 0 Å². The van der Waals surface area contributed by atoms with Gasteiger partial charge in [-0.05, 0) is 81.2 Å². The zero-order valence-electron chi connectivity index (χ0n) is 26.5. The number of fused-ring (bicyclic) bond motifs is 1. The Morgan fingerprint density at radius 2 is 1.65 bits per heavy atom. The SMILES string of the molecule is CN1CCC(N2CCN([C@]3(CC=O)C[C@H](N4CCc5ccccc5NC4=O)CCN3C(=O)OCc3cc(Cl)cc(Cl)c3)CC2)CC1. The van der Waals surface area contributed by atoms with Crippen molar-refractivity contribution in [2.24, 2.45) is 0 Å². The van der Waals surface area contributed by atoms with Gasteiger partial charge in [-0.15, -0.1) is 0 Å². The first-order valence-corrected chi connectivity index (χ1v) is 17.2. The van der Waals surface area contributed by atoms with Crippen molar-refractivity contribution in [3.8, 4) is 0 Å². The number of hydrogen-bond donors (Lipinski definition) is 1. The first-order chi connectivity index (χ1) is 22.3. The van der Waals surface area contributed by atoms with E-state index in [1.807, 2.05) is 29.2 Å². The van der Waals surface area contributed by atoms with Gasteiger partial charge < -0.3 is 24.6 Å². The molecule has 3 saturated heterocycles. The Bertz CT molecular complexity index is 1390. The van der Waals surface area contributed by atoms with E-state index in [9.17, 15) is 14.4 Å². The number of piperazine rings is 1. The molecule has 2 atom stereocenters. The fraction of sp³-hybridized carbons (Fsp3) is 0.559. The average molecular weight is 672 g/mol. The molecule has 10 nitrogen and oxygen atoms in total. The van der Waals surface area contributed by atoms with Gasteiger partial charge in [0, 0.05) is 79.9 Å². The molecule has 0 aromatic heterocycles. The van der Waals surface area contributed by atoms with Gasteiger partial charge in [0.1, 0.15) is 18.6 Å². The molecule has 0 unspecified atom stereocenters. The van der Waals surface area contributed by atoms with Crippen LogP contribution in [0, 0.1) is 0 Å². The summed E-state index contributed by atoms with van der Waals surface area (Å²) in [5, 5.41) is 4.04. The maximum atomic E-state index is 14.0. The van der Waals surface area contributed by atoms with Crippen LogP contribution in [0.25, 0.3) is 0 Å². The minimum atomic E-state index is -0.925. The monoisotopic (exact) mass is 670 g/mol. The molecule has 2 aromatic carbocycles. The second-order valence-corrected chi connectivity index (χ2v) is 13.9. The molecular weight excluding hydrogens is 627 g/mol. The van der Waals surface area contributed by atoms with Crippen molar-refractivity contribution in [3.63, 3.8) is 0 Å². The lowest BCUT2D eigenvalue weighted by Crippen LogP contribution is -2.71. The Morgan fingerprint density at radius 1 is 0.957 bits per heavy atom. The number of para-hydroxylation sites is 1. The molecule has 6 rings (SSSR count). The average Bonchev–Trinajstić information content (AvgIpc) is 3.22. The lowest BCUT2D eigenvalue weighted by Gasteiger charge is -2.57. The first-order valence-electron chi connectivity index (χ1n) is 16.4. The van der Waals surface area contributed by atoms with Crippen LogP contribution in [-0.4, -0.2) is 120 Å². The molecule has 4 heterocycles. The highest BCUT2D eigenvalue weighted by Crippen LogP contribution is 2.39. The Morgan fingerprint density at radius 3 is 2.37 bits per heavy atom. The Labute approximate surface area is 281 Å². The topological polar surface area (TPSA) is 88.7 Å². The van der Waals surface area contributed by atoms with Gasteiger partial charge in [0.15, 0.2) is 0 Å². The number of carbonyl (C=O) groups excluding carboxylic acids is 3. The van der Waals surface area contributed by atoms with Crippen molar-refractivity contribution in [2.75, 3.05) is 64.7 Å². The molecule has 3 fully saturated rings. The highest BCUT2D eigenvalue weighted by molar-refractivity contribution is 6.34. The summed E-state index contributed by atoms with van der Waals surface area (Å²) < 4.78 is 5.88. The third kappa shape index (κ3) is 7.16. The van der Waals surface area contributed by atoms with Crippen molar-refractivity contribution in [2.45, 2.75) is 62.9 Å². The molecular formula is C34H44Cl2N6O4. The van der Waals surface area contributed by atoms with Gasteiger partial charge in [0.05, 0.1) is 0 Å². The van der Waals surface area contributed by atoms with Crippen molar-refractivity contribution in [1.82, 2.24) is 24.5 Å². The van der Waals surface area contributed by atoms with Gasteiger partial charge in [-0.3, -0.25) is 14.7 Å². The molecule has 3 amide bonds. The number of piperidine rings is 2. The minimum absolute atomic E-state index is 0.00685. The van der Waals surface area contributed by atoms with Crippen LogP contribution in [0.3, 0.4) is 0 Å². The number of carbonyl (C=O) groups is 3. The second kappa shape index (κ2) is 14.5. The quantitative estimate of drug-likeness (QED) is 0.406. The van der Waals surface area contributed by atoms with Crippen LogP contribution in [0.5, 0.6) is 0 Å². The zero-order valence-corrected chi connectivity index (χ0v) is 28.0. The molecule has 0 radical (unpaired) electrons. The molecule has 12 heteroatoms. The van der Waals surface area contributed by atoms with Crippen molar-refractivity contribution in [1.29, 1.82) is 0 Å². The molecule has 248 valence electrons. The van der Waals surface area contributed by atoms with Crippen LogP contribution in [0.1, 0.15) is 43.2 Å². The van der Waals surface area contributed by atoms with Gasteiger partial charge in [-0.2, -0.15) is 0 Å². The van der Waals surface area contributed by atoms with E-state index >= 15 is 0 Å². The lowest BCUT2D eigenvalue weighted by atomic mass is 9.85. The number of halogens is 2. The van der Waals surface area contributed by atoms with Crippen LogP contribution >= 0.6 is 23.2 Å². The molecule has 4 aliphatic rings. The van der Waals surface area contributed by atoms with E-state index in [1.54, 1.807) is 23.1 Å². The number of nitrogens with one attached hydrogen (secondary N) is 1. The summed E-state index contributed by atoms with van der Waals surface area (Å²) >= 11 is 12.4. The number of benzene rings is 2. The summed E-state index contributed by atoms with van der Waals surface area (Å²) in [6.45, 7) is 6.30. The van der Waals surface area contributed by atoms with Crippen LogP contribution in [0.15, 0.2) is 42.5 Å². The third-order valence-electron chi connectivity index (χ3n) is 10.4. The summed E-state index contributed by atoms with van der Waals surface area (Å²) in [7, 11) is 2.18. The van der Waals surface area contributed by atoms with Gasteiger partial charge in [-0.25, -0.2) is 9.59 Å². The molecule has 0 saturated carbocycles. The summed E-state index contributed by atoms with van der Waals surface area (Å²) in [4.78, 5) is 51.0. The maximum absolute atomic E-state index is 14.0. The smallest absolute Gasteiger partial charge is 0.411 e.